The van der Waals surface area contributed by atoms with Crippen LogP contribution in [0.25, 0.3) is 22.4 Å². The molecule has 10 nitrogen and oxygen atoms in total. The molecule has 2 fully saturated rings. The van der Waals surface area contributed by atoms with Crippen molar-refractivity contribution in [1.29, 1.82) is 0 Å². The minimum Gasteiger partial charge on any atom is -0.492 e. The molecule has 2 unspecified atom stereocenters. The average Bonchev–Trinajstić information content (AvgIpc) is 3.59. The van der Waals surface area contributed by atoms with Crippen LogP contribution >= 0.6 is 0 Å². The van der Waals surface area contributed by atoms with Gasteiger partial charge in [0, 0.05) is 63.2 Å². The quantitative estimate of drug-likeness (QED) is 0.286. The molecule has 0 aliphatic carbocycles. The first-order chi connectivity index (χ1) is 19.4. The van der Waals surface area contributed by atoms with E-state index < -0.39 is 0 Å². The summed E-state index contributed by atoms with van der Waals surface area (Å²) in [6.45, 7) is 8.21. The molecule has 0 saturated carbocycles. The fourth-order valence-corrected chi connectivity index (χ4v) is 5.44. The third kappa shape index (κ3) is 6.56. The molecule has 2 aromatic heterocycles. The number of fused-ring (bicyclic) bond motifs is 1. The van der Waals surface area contributed by atoms with Gasteiger partial charge in [-0.05, 0) is 50.3 Å². The van der Waals surface area contributed by atoms with Gasteiger partial charge in [-0.15, -0.1) is 0 Å². The summed E-state index contributed by atoms with van der Waals surface area (Å²) in [6, 6.07) is 7.52. The fraction of sp³-hybridized carbons (Fsp3) is 0.567. The second-order valence-electron chi connectivity index (χ2n) is 10.8. The Morgan fingerprint density at radius 3 is 2.70 bits per heavy atom. The second-order valence-corrected chi connectivity index (χ2v) is 10.8. The van der Waals surface area contributed by atoms with Gasteiger partial charge in [0.25, 0.3) is 5.56 Å². The molecule has 1 N–H and O–H groups in total. The van der Waals surface area contributed by atoms with Gasteiger partial charge in [-0.3, -0.25) is 9.59 Å². The molecule has 40 heavy (non-hydrogen) atoms. The highest BCUT2D eigenvalue weighted by atomic mass is 16.6. The van der Waals surface area contributed by atoms with Crippen LogP contribution in [-0.4, -0.2) is 71.8 Å². The Hall–Kier alpha value is -3.21. The highest BCUT2D eigenvalue weighted by Crippen LogP contribution is 2.30. The number of aromatic nitrogens is 3. The van der Waals surface area contributed by atoms with Crippen molar-refractivity contribution >= 4 is 17.0 Å². The number of pyridine rings is 1. The minimum atomic E-state index is -0.375. The number of carbonyl (C=O) groups is 1. The highest BCUT2D eigenvalue weighted by molar-refractivity contribution is 5.82. The lowest BCUT2D eigenvalue weighted by Crippen LogP contribution is -2.41. The highest BCUT2D eigenvalue weighted by Gasteiger charge is 2.25. The van der Waals surface area contributed by atoms with Crippen LogP contribution in [0.1, 0.15) is 38.2 Å². The lowest BCUT2D eigenvalue weighted by atomic mass is 10.00. The SMILES string of the molecule is CCC(NCCOc1ccc2c(c1)nc(-c1cc(C)c(=O)n(C)c1)n2CC1CCOCC1)C(=O)OC1CCOC1. The Labute approximate surface area is 234 Å². The molecule has 0 radical (unpaired) electrons. The molecule has 2 atom stereocenters. The number of imidazole rings is 1. The van der Waals surface area contributed by atoms with E-state index in [0.29, 0.717) is 50.0 Å². The molecule has 2 saturated heterocycles. The number of esters is 1. The van der Waals surface area contributed by atoms with Gasteiger partial charge in [-0.2, -0.15) is 0 Å². The average molecular weight is 553 g/mol. The predicted molar refractivity (Wildman–Crippen MR) is 152 cm³/mol. The fourth-order valence-electron chi connectivity index (χ4n) is 5.44. The van der Waals surface area contributed by atoms with Crippen LogP contribution in [0.3, 0.4) is 0 Å². The summed E-state index contributed by atoms with van der Waals surface area (Å²) in [4.78, 5) is 29.8. The number of rotatable bonds is 11. The lowest BCUT2D eigenvalue weighted by molar-refractivity contribution is -0.151. The first-order valence-corrected chi connectivity index (χ1v) is 14.3. The monoisotopic (exact) mass is 552 g/mol. The zero-order valence-corrected chi connectivity index (χ0v) is 23.7. The zero-order valence-electron chi connectivity index (χ0n) is 23.7. The minimum absolute atomic E-state index is 0.00809. The Kier molecular flexibility index (Phi) is 9.18. The topological polar surface area (TPSA) is 106 Å². The molecule has 1 aromatic carbocycles. The van der Waals surface area contributed by atoms with Crippen molar-refractivity contribution in [1.82, 2.24) is 19.4 Å². The Balaban J connectivity index is 1.29. The Bertz CT molecular complexity index is 1340. The van der Waals surface area contributed by atoms with Crippen LogP contribution in [0.2, 0.25) is 0 Å². The molecule has 0 amide bonds. The maximum Gasteiger partial charge on any atom is 0.323 e. The van der Waals surface area contributed by atoms with E-state index in [-0.39, 0.29) is 23.7 Å². The molecule has 216 valence electrons. The van der Waals surface area contributed by atoms with E-state index in [1.165, 1.54) is 0 Å². The molecular weight excluding hydrogens is 512 g/mol. The molecule has 2 aliphatic rings. The van der Waals surface area contributed by atoms with E-state index in [9.17, 15) is 9.59 Å². The van der Waals surface area contributed by atoms with Gasteiger partial charge in [0.1, 0.15) is 30.3 Å². The number of hydrogen-bond donors (Lipinski definition) is 1. The van der Waals surface area contributed by atoms with E-state index >= 15 is 0 Å². The van der Waals surface area contributed by atoms with Gasteiger partial charge >= 0.3 is 5.97 Å². The third-order valence-corrected chi connectivity index (χ3v) is 7.75. The normalized spacial score (nSPS) is 18.7. The van der Waals surface area contributed by atoms with Gasteiger partial charge in [0.15, 0.2) is 0 Å². The van der Waals surface area contributed by atoms with Crippen molar-refractivity contribution < 1.29 is 23.7 Å². The van der Waals surface area contributed by atoms with E-state index in [0.717, 1.165) is 61.4 Å². The predicted octanol–water partition coefficient (Wildman–Crippen LogP) is 3.22. The summed E-state index contributed by atoms with van der Waals surface area (Å²) in [6.07, 6.45) is 5.13. The molecule has 3 aromatic rings. The first-order valence-electron chi connectivity index (χ1n) is 14.3. The molecule has 4 heterocycles. The molecular formula is C30H40N4O6. The van der Waals surface area contributed by atoms with Crippen molar-refractivity contribution in [2.45, 2.75) is 58.2 Å². The Morgan fingerprint density at radius 2 is 1.98 bits per heavy atom. The van der Waals surface area contributed by atoms with E-state index in [4.69, 9.17) is 23.9 Å². The second kappa shape index (κ2) is 13.0. The number of hydrogen-bond acceptors (Lipinski definition) is 8. The number of benzene rings is 1. The number of nitrogens with zero attached hydrogens (tertiary/aromatic N) is 3. The number of ether oxygens (including phenoxy) is 4. The van der Waals surface area contributed by atoms with Gasteiger partial charge in [-0.25, -0.2) is 4.98 Å². The van der Waals surface area contributed by atoms with Gasteiger partial charge < -0.3 is 33.4 Å². The summed E-state index contributed by atoms with van der Waals surface area (Å²) in [7, 11) is 1.77. The van der Waals surface area contributed by atoms with E-state index in [1.54, 1.807) is 11.6 Å². The van der Waals surface area contributed by atoms with Crippen LogP contribution < -0.4 is 15.6 Å². The van der Waals surface area contributed by atoms with Crippen LogP contribution in [0.15, 0.2) is 35.3 Å². The maximum atomic E-state index is 12.5. The maximum absolute atomic E-state index is 12.5. The third-order valence-electron chi connectivity index (χ3n) is 7.75. The van der Waals surface area contributed by atoms with Gasteiger partial charge in [-0.1, -0.05) is 6.92 Å². The largest absolute Gasteiger partial charge is 0.492 e. The summed E-state index contributed by atoms with van der Waals surface area (Å²) >= 11 is 0. The van der Waals surface area contributed by atoms with Crippen molar-refractivity contribution in [2.75, 3.05) is 39.6 Å². The summed E-state index contributed by atoms with van der Waals surface area (Å²) in [5.74, 6) is 1.82. The van der Waals surface area contributed by atoms with E-state index in [1.807, 2.05) is 38.2 Å². The zero-order chi connectivity index (χ0) is 28.1. The Morgan fingerprint density at radius 1 is 1.18 bits per heavy atom. The number of carbonyl (C=O) groups excluding carboxylic acids is 1. The first kappa shape index (κ1) is 28.3. The van der Waals surface area contributed by atoms with Crippen LogP contribution in [-0.2, 0) is 32.6 Å². The summed E-state index contributed by atoms with van der Waals surface area (Å²) < 4.78 is 26.3. The summed E-state index contributed by atoms with van der Waals surface area (Å²) in [5, 5.41) is 3.25. The molecule has 10 heteroatoms. The van der Waals surface area contributed by atoms with Gasteiger partial charge in [0.05, 0.1) is 24.2 Å². The summed E-state index contributed by atoms with van der Waals surface area (Å²) in [5.41, 5.74) is 3.46. The van der Waals surface area contributed by atoms with Crippen molar-refractivity contribution in [2.24, 2.45) is 13.0 Å². The van der Waals surface area contributed by atoms with E-state index in [2.05, 4.69) is 16.0 Å². The number of nitrogens with one attached hydrogen (secondary N) is 1. The van der Waals surface area contributed by atoms with Gasteiger partial charge in [0.2, 0.25) is 0 Å². The van der Waals surface area contributed by atoms with Crippen molar-refractivity contribution in [3.05, 3.63) is 46.4 Å². The molecule has 5 rings (SSSR count). The molecule has 0 bridgehead atoms. The molecule has 0 spiro atoms. The van der Waals surface area contributed by atoms with Crippen molar-refractivity contribution in [3.8, 4) is 17.1 Å². The number of aryl methyl sites for hydroxylation is 2. The van der Waals surface area contributed by atoms with Crippen LogP contribution in [0.4, 0.5) is 0 Å². The smallest absolute Gasteiger partial charge is 0.323 e. The lowest BCUT2D eigenvalue weighted by Gasteiger charge is -2.23. The molecule has 2 aliphatic heterocycles. The van der Waals surface area contributed by atoms with Crippen LogP contribution in [0, 0.1) is 12.8 Å². The standard InChI is InChI=1S/C30H40N4O6/c1-4-25(30(36)40-24-9-13-38-19-24)31-10-14-39-23-5-6-27-26(16-23)32-28(22-15-20(2)29(35)33(3)18-22)34(27)17-21-7-11-37-12-8-21/h5-6,15-16,18,21,24-25,31H,4,7-14,17,19H2,1-3H3. The van der Waals surface area contributed by atoms with Crippen LogP contribution in [0.5, 0.6) is 5.75 Å². The van der Waals surface area contributed by atoms with Crippen molar-refractivity contribution in [3.63, 3.8) is 0 Å².